The van der Waals surface area contributed by atoms with Crippen molar-refractivity contribution in [2.45, 2.75) is 26.7 Å². The lowest BCUT2D eigenvalue weighted by Gasteiger charge is -2.13. The first kappa shape index (κ1) is 16.9. The molecule has 5 heteroatoms. The van der Waals surface area contributed by atoms with E-state index in [0.29, 0.717) is 11.6 Å². The Labute approximate surface area is 145 Å². The van der Waals surface area contributed by atoms with Crippen LogP contribution in [0.15, 0.2) is 53.1 Å². The molecule has 25 heavy (non-hydrogen) atoms. The number of benzene rings is 2. The molecule has 0 fully saturated rings. The minimum atomic E-state index is -0.394. The van der Waals surface area contributed by atoms with E-state index in [1.165, 1.54) is 12.1 Å². The summed E-state index contributed by atoms with van der Waals surface area (Å²) in [6, 6.07) is 11.5. The van der Waals surface area contributed by atoms with Crippen molar-refractivity contribution in [1.82, 2.24) is 4.98 Å². The van der Waals surface area contributed by atoms with Crippen molar-refractivity contribution in [1.29, 1.82) is 0 Å². The molecule has 128 valence electrons. The number of nitrogens with zero attached hydrogens (tertiary/aromatic N) is 1. The molecule has 0 radical (unpaired) electrons. The van der Waals surface area contributed by atoms with Crippen LogP contribution in [-0.4, -0.2) is 10.9 Å². The standard InChI is InChI=1S/C20H19FN2O2/c1-12-4-9-17(10-18(12)20-22-13(2)11-25-20)23-19(24)14(3)15-5-7-16(21)8-6-15/h4-11,14H,1-3H3,(H,23,24). The van der Waals surface area contributed by atoms with Crippen molar-refractivity contribution in [3.63, 3.8) is 0 Å². The van der Waals surface area contributed by atoms with Crippen LogP contribution in [0.4, 0.5) is 10.1 Å². The predicted octanol–water partition coefficient (Wildman–Crippen LogP) is 4.84. The number of anilines is 1. The maximum absolute atomic E-state index is 13.0. The highest BCUT2D eigenvalue weighted by molar-refractivity contribution is 5.96. The molecule has 1 amide bonds. The van der Waals surface area contributed by atoms with E-state index in [-0.39, 0.29) is 11.7 Å². The molecule has 1 aromatic heterocycles. The third-order valence-corrected chi connectivity index (χ3v) is 4.12. The zero-order valence-electron chi connectivity index (χ0n) is 14.3. The van der Waals surface area contributed by atoms with Gasteiger partial charge in [-0.05, 0) is 56.2 Å². The molecule has 3 rings (SSSR count). The number of nitrogens with one attached hydrogen (secondary N) is 1. The monoisotopic (exact) mass is 338 g/mol. The molecule has 2 aromatic carbocycles. The van der Waals surface area contributed by atoms with Crippen molar-refractivity contribution in [3.05, 3.63) is 71.4 Å². The fraction of sp³-hybridized carbons (Fsp3) is 0.200. The zero-order valence-corrected chi connectivity index (χ0v) is 14.3. The second-order valence-electron chi connectivity index (χ2n) is 6.09. The van der Waals surface area contributed by atoms with Gasteiger partial charge < -0.3 is 9.73 Å². The summed E-state index contributed by atoms with van der Waals surface area (Å²) in [5.74, 6) is -0.349. The van der Waals surface area contributed by atoms with Gasteiger partial charge >= 0.3 is 0 Å². The molecule has 0 aliphatic heterocycles. The number of carbonyl (C=O) groups is 1. The van der Waals surface area contributed by atoms with Crippen LogP contribution in [-0.2, 0) is 4.79 Å². The minimum absolute atomic E-state index is 0.162. The number of hydrogen-bond donors (Lipinski definition) is 1. The van der Waals surface area contributed by atoms with Gasteiger partial charge in [-0.15, -0.1) is 0 Å². The number of carbonyl (C=O) groups excluding carboxylic acids is 1. The van der Waals surface area contributed by atoms with Crippen LogP contribution in [0.5, 0.6) is 0 Å². The molecule has 1 unspecified atom stereocenters. The lowest BCUT2D eigenvalue weighted by molar-refractivity contribution is -0.117. The van der Waals surface area contributed by atoms with E-state index in [1.54, 1.807) is 25.3 Å². The molecule has 0 saturated heterocycles. The van der Waals surface area contributed by atoms with Crippen molar-refractivity contribution >= 4 is 11.6 Å². The summed E-state index contributed by atoms with van der Waals surface area (Å²) in [6.45, 7) is 5.61. The number of rotatable bonds is 4. The van der Waals surface area contributed by atoms with Crippen molar-refractivity contribution in [2.75, 3.05) is 5.32 Å². The van der Waals surface area contributed by atoms with Gasteiger partial charge in [0.15, 0.2) is 0 Å². The summed E-state index contributed by atoms with van der Waals surface area (Å²) < 4.78 is 18.5. The van der Waals surface area contributed by atoms with Gasteiger partial charge in [-0.25, -0.2) is 9.37 Å². The summed E-state index contributed by atoms with van der Waals surface area (Å²) in [5, 5.41) is 2.90. The smallest absolute Gasteiger partial charge is 0.231 e. The highest BCUT2D eigenvalue weighted by Gasteiger charge is 2.16. The van der Waals surface area contributed by atoms with E-state index in [4.69, 9.17) is 4.42 Å². The third-order valence-electron chi connectivity index (χ3n) is 4.12. The first-order chi connectivity index (χ1) is 11.9. The largest absolute Gasteiger partial charge is 0.444 e. The molecule has 0 aliphatic rings. The van der Waals surface area contributed by atoms with Gasteiger partial charge in [-0.1, -0.05) is 18.2 Å². The van der Waals surface area contributed by atoms with Crippen LogP contribution >= 0.6 is 0 Å². The predicted molar refractivity (Wildman–Crippen MR) is 94.9 cm³/mol. The van der Waals surface area contributed by atoms with Crippen molar-refractivity contribution < 1.29 is 13.6 Å². The van der Waals surface area contributed by atoms with Gasteiger partial charge in [-0.3, -0.25) is 4.79 Å². The summed E-state index contributed by atoms with van der Waals surface area (Å²) in [5.41, 5.74) is 4.06. The molecule has 1 atom stereocenters. The normalized spacial score (nSPS) is 12.0. The number of aromatic nitrogens is 1. The Morgan fingerprint density at radius 3 is 2.52 bits per heavy atom. The summed E-state index contributed by atoms with van der Waals surface area (Å²) in [6.07, 6.45) is 1.59. The average molecular weight is 338 g/mol. The Kier molecular flexibility index (Phi) is 4.65. The molecular formula is C20H19FN2O2. The lowest BCUT2D eigenvalue weighted by Crippen LogP contribution is -2.18. The van der Waals surface area contributed by atoms with Crippen LogP contribution in [0.2, 0.25) is 0 Å². The number of halogens is 1. The van der Waals surface area contributed by atoms with Gasteiger partial charge in [0, 0.05) is 11.3 Å². The van der Waals surface area contributed by atoms with E-state index in [0.717, 1.165) is 22.4 Å². The Morgan fingerprint density at radius 1 is 1.16 bits per heavy atom. The SMILES string of the molecule is Cc1coc(-c2cc(NC(=O)C(C)c3ccc(F)cc3)ccc2C)n1. The van der Waals surface area contributed by atoms with E-state index in [1.807, 2.05) is 32.0 Å². The molecule has 0 bridgehead atoms. The first-order valence-corrected chi connectivity index (χ1v) is 8.03. The molecule has 3 aromatic rings. The zero-order chi connectivity index (χ0) is 18.0. The van der Waals surface area contributed by atoms with Crippen LogP contribution < -0.4 is 5.32 Å². The highest BCUT2D eigenvalue weighted by atomic mass is 19.1. The molecule has 0 aliphatic carbocycles. The molecule has 0 spiro atoms. The Morgan fingerprint density at radius 2 is 1.88 bits per heavy atom. The maximum Gasteiger partial charge on any atom is 0.231 e. The van der Waals surface area contributed by atoms with E-state index >= 15 is 0 Å². The van der Waals surface area contributed by atoms with E-state index < -0.39 is 5.92 Å². The maximum atomic E-state index is 13.0. The number of amides is 1. The molecule has 4 nitrogen and oxygen atoms in total. The molecular weight excluding hydrogens is 319 g/mol. The van der Waals surface area contributed by atoms with Crippen molar-refractivity contribution in [3.8, 4) is 11.5 Å². The van der Waals surface area contributed by atoms with E-state index in [9.17, 15) is 9.18 Å². The topological polar surface area (TPSA) is 55.1 Å². The second kappa shape index (κ2) is 6.89. The van der Waals surface area contributed by atoms with Crippen molar-refractivity contribution in [2.24, 2.45) is 0 Å². The average Bonchev–Trinajstić information content (AvgIpc) is 3.03. The number of aryl methyl sites for hydroxylation is 2. The highest BCUT2D eigenvalue weighted by Crippen LogP contribution is 2.27. The fourth-order valence-corrected chi connectivity index (χ4v) is 2.56. The van der Waals surface area contributed by atoms with Gasteiger partial charge in [0.25, 0.3) is 0 Å². The minimum Gasteiger partial charge on any atom is -0.444 e. The summed E-state index contributed by atoms with van der Waals surface area (Å²) in [7, 11) is 0. The Balaban J connectivity index is 1.80. The van der Waals surface area contributed by atoms with Gasteiger partial charge in [0.1, 0.15) is 12.1 Å². The lowest BCUT2D eigenvalue weighted by atomic mass is 10.00. The van der Waals surface area contributed by atoms with Crippen LogP contribution in [0.3, 0.4) is 0 Å². The first-order valence-electron chi connectivity index (χ1n) is 8.03. The fourth-order valence-electron chi connectivity index (χ4n) is 2.56. The Hall–Kier alpha value is -2.95. The van der Waals surface area contributed by atoms with Crippen LogP contribution in [0, 0.1) is 19.7 Å². The third kappa shape index (κ3) is 3.76. The van der Waals surface area contributed by atoms with Gasteiger partial charge in [0.2, 0.25) is 11.8 Å². The molecule has 1 heterocycles. The number of oxazole rings is 1. The molecule has 1 N–H and O–H groups in total. The quantitative estimate of drug-likeness (QED) is 0.740. The second-order valence-corrected chi connectivity index (χ2v) is 6.09. The van der Waals surface area contributed by atoms with Crippen LogP contribution in [0.25, 0.3) is 11.5 Å². The summed E-state index contributed by atoms with van der Waals surface area (Å²) >= 11 is 0. The summed E-state index contributed by atoms with van der Waals surface area (Å²) in [4.78, 5) is 16.8. The Bertz CT molecular complexity index is 900. The van der Waals surface area contributed by atoms with E-state index in [2.05, 4.69) is 10.3 Å². The molecule has 0 saturated carbocycles. The number of hydrogen-bond acceptors (Lipinski definition) is 3. The van der Waals surface area contributed by atoms with Gasteiger partial charge in [-0.2, -0.15) is 0 Å². The van der Waals surface area contributed by atoms with Gasteiger partial charge in [0.05, 0.1) is 11.6 Å². The van der Waals surface area contributed by atoms with Crippen LogP contribution in [0.1, 0.15) is 29.7 Å².